The summed E-state index contributed by atoms with van der Waals surface area (Å²) in [7, 11) is 0. The Bertz CT molecular complexity index is 462. The summed E-state index contributed by atoms with van der Waals surface area (Å²) in [5.41, 5.74) is 6.50. The molecule has 0 saturated heterocycles. The highest BCUT2D eigenvalue weighted by atomic mass is 14.0. The third kappa shape index (κ3) is 8.53. The van der Waals surface area contributed by atoms with E-state index in [0.717, 1.165) is 18.4 Å². The van der Waals surface area contributed by atoms with E-state index < -0.39 is 0 Å². The van der Waals surface area contributed by atoms with Gasteiger partial charge in [0.05, 0.1) is 0 Å². The van der Waals surface area contributed by atoms with Gasteiger partial charge in [-0.05, 0) is 46.1 Å². The molecule has 0 spiro atoms. The standard InChI is InChI=1S/C20H30/c1-8-19(7)20(9-2)14-13-17(5)11-10-12-18(6)15-16(3)4/h10-15H,3,8-9H2,1-2,4-7H3/b12-10+,14-13+,17-11+,18-15+,20-19+. The molecule has 0 nitrogen and oxygen atoms in total. The molecule has 0 aromatic carbocycles. The Balaban J connectivity index is 4.77. The number of hydrogen-bond donors (Lipinski definition) is 0. The van der Waals surface area contributed by atoms with E-state index >= 15 is 0 Å². The minimum atomic E-state index is 1.08. The Kier molecular flexibility index (Phi) is 9.45. The number of allylic oxidation sites excluding steroid dienone is 11. The molecule has 0 unspecified atom stereocenters. The maximum absolute atomic E-state index is 3.88. The molecule has 0 aromatic heterocycles. The van der Waals surface area contributed by atoms with Gasteiger partial charge in [-0.3, -0.25) is 0 Å². The van der Waals surface area contributed by atoms with Crippen molar-refractivity contribution in [1.29, 1.82) is 0 Å². The molecule has 0 heteroatoms. The van der Waals surface area contributed by atoms with Gasteiger partial charge in [0.2, 0.25) is 0 Å². The van der Waals surface area contributed by atoms with Crippen LogP contribution in [0, 0.1) is 0 Å². The van der Waals surface area contributed by atoms with Crippen LogP contribution >= 0.6 is 0 Å². The van der Waals surface area contributed by atoms with E-state index in [-0.39, 0.29) is 0 Å². The van der Waals surface area contributed by atoms with Crippen molar-refractivity contribution in [3.05, 3.63) is 70.9 Å². The van der Waals surface area contributed by atoms with E-state index in [1.54, 1.807) is 0 Å². The summed E-state index contributed by atoms with van der Waals surface area (Å²) in [4.78, 5) is 0. The van der Waals surface area contributed by atoms with Crippen LogP contribution in [0.15, 0.2) is 70.9 Å². The van der Waals surface area contributed by atoms with Gasteiger partial charge in [-0.1, -0.05) is 79.2 Å². The molecule has 0 atom stereocenters. The van der Waals surface area contributed by atoms with Gasteiger partial charge in [0, 0.05) is 0 Å². The van der Waals surface area contributed by atoms with Crippen molar-refractivity contribution in [3.8, 4) is 0 Å². The lowest BCUT2D eigenvalue weighted by molar-refractivity contribution is 1.01. The lowest BCUT2D eigenvalue weighted by Gasteiger charge is -2.03. The molecule has 0 aromatic rings. The molecule has 0 heterocycles. The molecular formula is C20H30. The van der Waals surface area contributed by atoms with Gasteiger partial charge >= 0.3 is 0 Å². The SMILES string of the molecule is C=C(C)/C=C(C)/C=C/C=C(C)/C=C/C(CC)=C(\C)CC. The molecule has 0 saturated carbocycles. The molecule has 0 N–H and O–H groups in total. The molecule has 110 valence electrons. The van der Waals surface area contributed by atoms with E-state index in [1.807, 2.05) is 6.92 Å². The smallest absolute Gasteiger partial charge is 0.0308 e. The van der Waals surface area contributed by atoms with Crippen molar-refractivity contribution in [2.24, 2.45) is 0 Å². The fourth-order valence-electron chi connectivity index (χ4n) is 1.86. The average molecular weight is 270 g/mol. The van der Waals surface area contributed by atoms with Gasteiger partial charge in [-0.25, -0.2) is 0 Å². The van der Waals surface area contributed by atoms with Gasteiger partial charge in [0.25, 0.3) is 0 Å². The first-order valence-corrected chi connectivity index (χ1v) is 7.46. The second-order valence-electron chi connectivity index (χ2n) is 5.35. The van der Waals surface area contributed by atoms with Crippen molar-refractivity contribution in [2.75, 3.05) is 0 Å². The van der Waals surface area contributed by atoms with Crippen LogP contribution in [0.3, 0.4) is 0 Å². The van der Waals surface area contributed by atoms with Crippen LogP contribution in [-0.2, 0) is 0 Å². The summed E-state index contributed by atoms with van der Waals surface area (Å²) < 4.78 is 0. The highest BCUT2D eigenvalue weighted by Gasteiger charge is 1.93. The molecule has 0 aliphatic carbocycles. The highest BCUT2D eigenvalue weighted by molar-refractivity contribution is 5.33. The van der Waals surface area contributed by atoms with Crippen LogP contribution in [0.1, 0.15) is 54.4 Å². The summed E-state index contributed by atoms with van der Waals surface area (Å²) in [6.07, 6.45) is 15.1. The Labute approximate surface area is 126 Å². The normalized spacial score (nSPS) is 15.1. The number of rotatable bonds is 7. The molecule has 20 heavy (non-hydrogen) atoms. The Morgan fingerprint density at radius 2 is 1.50 bits per heavy atom. The fraction of sp³-hybridized carbons (Fsp3) is 0.400. The second-order valence-corrected chi connectivity index (χ2v) is 5.35. The lowest BCUT2D eigenvalue weighted by atomic mass is 10.0. The van der Waals surface area contributed by atoms with Crippen molar-refractivity contribution in [2.45, 2.75) is 54.4 Å². The Hall–Kier alpha value is -1.56. The second kappa shape index (κ2) is 10.3. The molecule has 0 rings (SSSR count). The van der Waals surface area contributed by atoms with Gasteiger partial charge in [0.1, 0.15) is 0 Å². The summed E-state index contributed by atoms with van der Waals surface area (Å²) in [6, 6.07) is 0. The number of hydrogen-bond acceptors (Lipinski definition) is 0. The topological polar surface area (TPSA) is 0 Å². The molecule has 0 amide bonds. The summed E-state index contributed by atoms with van der Waals surface area (Å²) >= 11 is 0. The van der Waals surface area contributed by atoms with Crippen LogP contribution in [0.25, 0.3) is 0 Å². The molecule has 0 aliphatic heterocycles. The minimum Gasteiger partial charge on any atom is -0.0961 e. The van der Waals surface area contributed by atoms with Crippen LogP contribution < -0.4 is 0 Å². The third-order valence-corrected chi connectivity index (χ3v) is 3.20. The summed E-state index contributed by atoms with van der Waals surface area (Å²) in [6.45, 7) is 16.7. The molecule has 0 bridgehead atoms. The van der Waals surface area contributed by atoms with Gasteiger partial charge in [-0.15, -0.1) is 0 Å². The van der Waals surface area contributed by atoms with Crippen LogP contribution in [0.4, 0.5) is 0 Å². The maximum Gasteiger partial charge on any atom is -0.0308 e. The third-order valence-electron chi connectivity index (χ3n) is 3.20. The zero-order valence-electron chi connectivity index (χ0n) is 14.1. The molecule has 0 aliphatic rings. The average Bonchev–Trinajstić information content (AvgIpc) is 2.38. The first-order chi connectivity index (χ1) is 9.40. The van der Waals surface area contributed by atoms with Gasteiger partial charge in [0.15, 0.2) is 0 Å². The zero-order chi connectivity index (χ0) is 15.5. The largest absolute Gasteiger partial charge is 0.0961 e. The molecule has 0 fully saturated rings. The first-order valence-electron chi connectivity index (χ1n) is 7.46. The minimum absolute atomic E-state index is 1.08. The van der Waals surface area contributed by atoms with E-state index in [4.69, 9.17) is 0 Å². The summed E-state index contributed by atoms with van der Waals surface area (Å²) in [5.74, 6) is 0. The Morgan fingerprint density at radius 1 is 0.850 bits per heavy atom. The monoisotopic (exact) mass is 270 g/mol. The van der Waals surface area contributed by atoms with Crippen molar-refractivity contribution in [3.63, 3.8) is 0 Å². The van der Waals surface area contributed by atoms with E-state index in [0.29, 0.717) is 0 Å². The first kappa shape index (κ1) is 18.4. The summed E-state index contributed by atoms with van der Waals surface area (Å²) in [5, 5.41) is 0. The Morgan fingerprint density at radius 3 is 2.00 bits per heavy atom. The molecule has 0 radical (unpaired) electrons. The van der Waals surface area contributed by atoms with Crippen LogP contribution in [0.2, 0.25) is 0 Å². The van der Waals surface area contributed by atoms with Crippen molar-refractivity contribution < 1.29 is 0 Å². The molecular weight excluding hydrogens is 240 g/mol. The lowest BCUT2D eigenvalue weighted by Crippen LogP contribution is -1.82. The van der Waals surface area contributed by atoms with Crippen LogP contribution in [-0.4, -0.2) is 0 Å². The van der Waals surface area contributed by atoms with Crippen LogP contribution in [0.5, 0.6) is 0 Å². The van der Waals surface area contributed by atoms with E-state index in [1.165, 1.54) is 22.3 Å². The van der Waals surface area contributed by atoms with E-state index in [9.17, 15) is 0 Å². The van der Waals surface area contributed by atoms with Gasteiger partial charge in [-0.2, -0.15) is 0 Å². The quantitative estimate of drug-likeness (QED) is 0.451. The maximum atomic E-state index is 3.88. The highest BCUT2D eigenvalue weighted by Crippen LogP contribution is 2.14. The van der Waals surface area contributed by atoms with Gasteiger partial charge < -0.3 is 0 Å². The van der Waals surface area contributed by atoms with E-state index in [2.05, 4.69) is 77.7 Å². The predicted octanol–water partition coefficient (Wildman–Crippen LogP) is 6.70. The fourth-order valence-corrected chi connectivity index (χ4v) is 1.86. The zero-order valence-corrected chi connectivity index (χ0v) is 14.1. The van der Waals surface area contributed by atoms with Crippen molar-refractivity contribution in [1.82, 2.24) is 0 Å². The predicted molar refractivity (Wildman–Crippen MR) is 93.9 cm³/mol. The van der Waals surface area contributed by atoms with Crippen molar-refractivity contribution >= 4 is 0 Å².